The van der Waals surface area contributed by atoms with Crippen LogP contribution >= 0.6 is 11.8 Å². The predicted molar refractivity (Wildman–Crippen MR) is 73.1 cm³/mol. The number of thioether (sulfide) groups is 1. The molecule has 0 saturated heterocycles. The number of hydrogen-bond donors (Lipinski definition) is 1. The lowest BCUT2D eigenvalue weighted by atomic mass is 10.1. The van der Waals surface area contributed by atoms with E-state index < -0.39 is 0 Å². The van der Waals surface area contributed by atoms with E-state index >= 15 is 0 Å². The number of nitrogens with zero attached hydrogens (tertiary/aromatic N) is 2. The van der Waals surface area contributed by atoms with Crippen LogP contribution < -0.4 is 5.73 Å². The van der Waals surface area contributed by atoms with E-state index in [2.05, 4.69) is 24.2 Å². The Morgan fingerprint density at radius 3 is 2.71 bits per heavy atom. The molecule has 17 heavy (non-hydrogen) atoms. The quantitative estimate of drug-likeness (QED) is 0.669. The van der Waals surface area contributed by atoms with Gasteiger partial charge in [-0.3, -0.25) is 4.68 Å². The number of aryl methyl sites for hydroxylation is 2. The summed E-state index contributed by atoms with van der Waals surface area (Å²) in [6.45, 7) is 4.19. The minimum atomic E-state index is 0.369. The third kappa shape index (κ3) is 2.82. The second-order valence-electron chi connectivity index (χ2n) is 4.18. The van der Waals surface area contributed by atoms with Crippen LogP contribution in [0.3, 0.4) is 0 Å². The molecule has 0 radical (unpaired) electrons. The SMILES string of the molecule is Cc1cc(SC(C)c2cccc(N)c2)n(C)n1. The molecule has 0 saturated carbocycles. The summed E-state index contributed by atoms with van der Waals surface area (Å²) >= 11 is 1.80. The van der Waals surface area contributed by atoms with E-state index in [0.29, 0.717) is 5.25 Å². The van der Waals surface area contributed by atoms with E-state index in [-0.39, 0.29) is 0 Å². The van der Waals surface area contributed by atoms with Gasteiger partial charge in [-0.1, -0.05) is 23.9 Å². The molecule has 0 amide bonds. The van der Waals surface area contributed by atoms with Crippen molar-refractivity contribution in [1.82, 2.24) is 9.78 Å². The van der Waals surface area contributed by atoms with Gasteiger partial charge in [0.1, 0.15) is 0 Å². The summed E-state index contributed by atoms with van der Waals surface area (Å²) in [6, 6.07) is 10.1. The molecular weight excluding hydrogens is 230 g/mol. The van der Waals surface area contributed by atoms with Gasteiger partial charge in [0.15, 0.2) is 0 Å². The topological polar surface area (TPSA) is 43.8 Å². The molecule has 1 unspecified atom stereocenters. The Bertz CT molecular complexity index is 519. The fourth-order valence-corrected chi connectivity index (χ4v) is 2.84. The first-order chi connectivity index (χ1) is 8.06. The van der Waals surface area contributed by atoms with Gasteiger partial charge in [0, 0.05) is 18.0 Å². The molecule has 2 N–H and O–H groups in total. The number of rotatable bonds is 3. The maximum Gasteiger partial charge on any atom is 0.0945 e. The van der Waals surface area contributed by atoms with Crippen LogP contribution in [0, 0.1) is 6.92 Å². The first-order valence-corrected chi connectivity index (χ1v) is 6.47. The number of aromatic nitrogens is 2. The molecule has 1 heterocycles. The highest BCUT2D eigenvalue weighted by Gasteiger charge is 2.11. The van der Waals surface area contributed by atoms with Crippen molar-refractivity contribution in [3.8, 4) is 0 Å². The molecule has 0 aliphatic carbocycles. The van der Waals surface area contributed by atoms with Crippen molar-refractivity contribution in [1.29, 1.82) is 0 Å². The lowest BCUT2D eigenvalue weighted by molar-refractivity contribution is 0.691. The minimum absolute atomic E-state index is 0.369. The number of hydrogen-bond acceptors (Lipinski definition) is 3. The zero-order chi connectivity index (χ0) is 12.4. The Morgan fingerprint density at radius 1 is 1.35 bits per heavy atom. The maximum absolute atomic E-state index is 5.80. The number of anilines is 1. The number of nitrogens with two attached hydrogens (primary N) is 1. The predicted octanol–water partition coefficient (Wildman–Crippen LogP) is 3.16. The fourth-order valence-electron chi connectivity index (χ4n) is 1.76. The largest absolute Gasteiger partial charge is 0.399 e. The molecule has 2 aromatic rings. The second kappa shape index (κ2) is 4.84. The molecule has 0 aliphatic heterocycles. The summed E-state index contributed by atoms with van der Waals surface area (Å²) in [6.07, 6.45) is 0. The maximum atomic E-state index is 5.80. The molecule has 0 bridgehead atoms. The van der Waals surface area contributed by atoms with Crippen molar-refractivity contribution in [2.24, 2.45) is 7.05 Å². The van der Waals surface area contributed by atoms with E-state index in [1.54, 1.807) is 11.8 Å². The van der Waals surface area contributed by atoms with Crippen LogP contribution in [0.5, 0.6) is 0 Å². The highest BCUT2D eigenvalue weighted by molar-refractivity contribution is 7.99. The van der Waals surface area contributed by atoms with Crippen LogP contribution in [0.15, 0.2) is 35.4 Å². The molecule has 1 aromatic carbocycles. The van der Waals surface area contributed by atoms with Gasteiger partial charge in [-0.05, 0) is 37.6 Å². The Labute approximate surface area is 106 Å². The van der Waals surface area contributed by atoms with Gasteiger partial charge in [-0.2, -0.15) is 5.10 Å². The van der Waals surface area contributed by atoms with Crippen molar-refractivity contribution in [2.45, 2.75) is 24.1 Å². The molecule has 0 fully saturated rings. The van der Waals surface area contributed by atoms with E-state index in [4.69, 9.17) is 5.73 Å². The zero-order valence-corrected chi connectivity index (χ0v) is 11.2. The summed E-state index contributed by atoms with van der Waals surface area (Å²) in [5.74, 6) is 0. The molecular formula is C13H17N3S. The Balaban J connectivity index is 2.16. The molecule has 1 aromatic heterocycles. The molecule has 4 heteroatoms. The molecule has 3 nitrogen and oxygen atoms in total. The van der Waals surface area contributed by atoms with Gasteiger partial charge in [0.05, 0.1) is 10.7 Å². The van der Waals surface area contributed by atoms with Gasteiger partial charge >= 0.3 is 0 Å². The van der Waals surface area contributed by atoms with Crippen molar-refractivity contribution in [3.63, 3.8) is 0 Å². The number of benzene rings is 1. The monoisotopic (exact) mass is 247 g/mol. The third-order valence-corrected chi connectivity index (χ3v) is 3.89. The first kappa shape index (κ1) is 12.0. The fraction of sp³-hybridized carbons (Fsp3) is 0.308. The summed E-state index contributed by atoms with van der Waals surface area (Å²) in [4.78, 5) is 0. The molecule has 0 aliphatic rings. The first-order valence-electron chi connectivity index (χ1n) is 5.59. The van der Waals surface area contributed by atoms with Crippen LogP contribution in [0.25, 0.3) is 0 Å². The second-order valence-corrected chi connectivity index (χ2v) is 5.54. The Hall–Kier alpha value is -1.42. The smallest absolute Gasteiger partial charge is 0.0945 e. The summed E-state index contributed by atoms with van der Waals surface area (Å²) in [7, 11) is 1.97. The highest BCUT2D eigenvalue weighted by Crippen LogP contribution is 2.35. The van der Waals surface area contributed by atoms with Crippen LogP contribution in [-0.2, 0) is 7.05 Å². The van der Waals surface area contributed by atoms with Crippen molar-refractivity contribution in [2.75, 3.05) is 5.73 Å². The minimum Gasteiger partial charge on any atom is -0.399 e. The molecule has 1 atom stereocenters. The molecule has 2 rings (SSSR count). The standard InChI is InChI=1S/C13H17N3S/c1-9-7-13(16(3)15-9)17-10(2)11-5-4-6-12(14)8-11/h4-8,10H,14H2,1-3H3. The Morgan fingerprint density at radius 2 is 2.12 bits per heavy atom. The van der Waals surface area contributed by atoms with E-state index in [0.717, 1.165) is 11.4 Å². The van der Waals surface area contributed by atoms with Gasteiger partial charge in [-0.15, -0.1) is 0 Å². The van der Waals surface area contributed by atoms with Gasteiger partial charge in [0.25, 0.3) is 0 Å². The third-order valence-electron chi connectivity index (χ3n) is 2.64. The van der Waals surface area contributed by atoms with E-state index in [1.807, 2.05) is 36.9 Å². The van der Waals surface area contributed by atoms with Gasteiger partial charge in [0.2, 0.25) is 0 Å². The molecule has 90 valence electrons. The van der Waals surface area contributed by atoms with Gasteiger partial charge in [-0.25, -0.2) is 0 Å². The van der Waals surface area contributed by atoms with Crippen LogP contribution in [-0.4, -0.2) is 9.78 Å². The van der Waals surface area contributed by atoms with Crippen LogP contribution in [0.4, 0.5) is 5.69 Å². The zero-order valence-electron chi connectivity index (χ0n) is 10.3. The van der Waals surface area contributed by atoms with E-state index in [9.17, 15) is 0 Å². The van der Waals surface area contributed by atoms with Crippen LogP contribution in [0.1, 0.15) is 23.4 Å². The van der Waals surface area contributed by atoms with Crippen molar-refractivity contribution in [3.05, 3.63) is 41.6 Å². The molecule has 0 spiro atoms. The summed E-state index contributed by atoms with van der Waals surface area (Å²) < 4.78 is 1.92. The van der Waals surface area contributed by atoms with Crippen LogP contribution in [0.2, 0.25) is 0 Å². The van der Waals surface area contributed by atoms with Gasteiger partial charge < -0.3 is 5.73 Å². The highest BCUT2D eigenvalue weighted by atomic mass is 32.2. The van der Waals surface area contributed by atoms with E-state index in [1.165, 1.54) is 10.6 Å². The lowest BCUT2D eigenvalue weighted by Crippen LogP contribution is -1.96. The summed E-state index contributed by atoms with van der Waals surface area (Å²) in [5.41, 5.74) is 8.91. The Kier molecular flexibility index (Phi) is 3.43. The average Bonchev–Trinajstić information content (AvgIpc) is 2.57. The normalized spacial score (nSPS) is 12.6. The van der Waals surface area contributed by atoms with Crippen molar-refractivity contribution < 1.29 is 0 Å². The lowest BCUT2D eigenvalue weighted by Gasteiger charge is -2.11. The van der Waals surface area contributed by atoms with Crippen molar-refractivity contribution >= 4 is 17.4 Å². The number of nitrogen functional groups attached to an aromatic ring is 1. The summed E-state index contributed by atoms with van der Waals surface area (Å²) in [5, 5.41) is 5.89. The average molecular weight is 247 g/mol.